The maximum absolute atomic E-state index is 9.21. The highest BCUT2D eigenvalue weighted by Gasteiger charge is 2.19. The first kappa shape index (κ1) is 14.6. The van der Waals surface area contributed by atoms with Crippen LogP contribution >= 0.6 is 15.9 Å². The Kier molecular flexibility index (Phi) is 5.48. The first-order valence-electron chi connectivity index (χ1n) is 6.51. The molecule has 2 rings (SSSR count). The second kappa shape index (κ2) is 7.12. The number of rotatable bonds is 6. The Morgan fingerprint density at radius 1 is 1.42 bits per heavy atom. The molecule has 0 spiro atoms. The summed E-state index contributed by atoms with van der Waals surface area (Å²) in [5, 5.41) is 9.21. The molecule has 1 saturated heterocycles. The fraction of sp³-hybridized carbons (Fsp3) is 0.571. The number of aliphatic hydroxyl groups is 1. The SMILES string of the molecule is CCOc1cc(CO)cc(Br)c1OCC1CCOC1. The van der Waals surface area contributed by atoms with Gasteiger partial charge in [0.25, 0.3) is 0 Å². The Labute approximate surface area is 121 Å². The van der Waals surface area contributed by atoms with Crippen molar-refractivity contribution in [2.75, 3.05) is 26.4 Å². The smallest absolute Gasteiger partial charge is 0.175 e. The van der Waals surface area contributed by atoms with Gasteiger partial charge in [0, 0.05) is 12.5 Å². The highest BCUT2D eigenvalue weighted by atomic mass is 79.9. The predicted octanol–water partition coefficient (Wildman–Crippen LogP) is 2.76. The van der Waals surface area contributed by atoms with Gasteiger partial charge in [-0.3, -0.25) is 0 Å². The minimum absolute atomic E-state index is 0.0184. The van der Waals surface area contributed by atoms with Gasteiger partial charge in [0.15, 0.2) is 11.5 Å². The number of halogens is 1. The molecule has 1 unspecified atom stereocenters. The topological polar surface area (TPSA) is 47.9 Å². The van der Waals surface area contributed by atoms with Crippen molar-refractivity contribution in [1.82, 2.24) is 0 Å². The van der Waals surface area contributed by atoms with Crippen LogP contribution in [0.1, 0.15) is 18.9 Å². The van der Waals surface area contributed by atoms with Gasteiger partial charge in [-0.05, 0) is 47.0 Å². The van der Waals surface area contributed by atoms with Crippen LogP contribution in [0, 0.1) is 5.92 Å². The van der Waals surface area contributed by atoms with Crippen LogP contribution in [-0.2, 0) is 11.3 Å². The summed E-state index contributed by atoms with van der Waals surface area (Å²) in [6.45, 7) is 4.66. The molecule has 0 amide bonds. The molecule has 1 heterocycles. The molecule has 4 nitrogen and oxygen atoms in total. The van der Waals surface area contributed by atoms with E-state index >= 15 is 0 Å². The minimum atomic E-state index is -0.0184. The van der Waals surface area contributed by atoms with Crippen LogP contribution < -0.4 is 9.47 Å². The van der Waals surface area contributed by atoms with Gasteiger partial charge >= 0.3 is 0 Å². The molecule has 1 fully saturated rings. The van der Waals surface area contributed by atoms with E-state index in [4.69, 9.17) is 14.2 Å². The van der Waals surface area contributed by atoms with Crippen LogP contribution in [0.3, 0.4) is 0 Å². The average molecular weight is 331 g/mol. The molecule has 1 aliphatic rings. The maximum atomic E-state index is 9.21. The molecule has 1 aromatic carbocycles. The summed E-state index contributed by atoms with van der Waals surface area (Å²) in [7, 11) is 0. The van der Waals surface area contributed by atoms with Crippen LogP contribution in [0.25, 0.3) is 0 Å². The lowest BCUT2D eigenvalue weighted by Crippen LogP contribution is -2.12. The largest absolute Gasteiger partial charge is 0.490 e. The van der Waals surface area contributed by atoms with E-state index in [0.717, 1.165) is 29.7 Å². The fourth-order valence-electron chi connectivity index (χ4n) is 2.03. The second-order valence-corrected chi connectivity index (χ2v) is 5.39. The van der Waals surface area contributed by atoms with Crippen molar-refractivity contribution in [2.24, 2.45) is 5.92 Å². The number of hydrogen-bond donors (Lipinski definition) is 1. The Hall–Kier alpha value is -0.780. The van der Waals surface area contributed by atoms with Gasteiger partial charge in [0.05, 0.1) is 30.9 Å². The zero-order valence-electron chi connectivity index (χ0n) is 11.0. The standard InChI is InChI=1S/C14H19BrO4/c1-2-18-13-6-11(7-16)5-12(15)14(13)19-9-10-3-4-17-8-10/h5-6,10,16H,2-4,7-9H2,1H3. The summed E-state index contributed by atoms with van der Waals surface area (Å²) in [5.41, 5.74) is 0.798. The molecule has 0 saturated carbocycles. The monoisotopic (exact) mass is 330 g/mol. The third-order valence-corrected chi connectivity index (χ3v) is 3.63. The lowest BCUT2D eigenvalue weighted by atomic mass is 10.1. The van der Waals surface area contributed by atoms with Crippen molar-refractivity contribution in [3.05, 3.63) is 22.2 Å². The van der Waals surface area contributed by atoms with Gasteiger partial charge in [-0.25, -0.2) is 0 Å². The minimum Gasteiger partial charge on any atom is -0.490 e. The number of aliphatic hydroxyl groups excluding tert-OH is 1. The lowest BCUT2D eigenvalue weighted by Gasteiger charge is -2.16. The molecule has 106 valence electrons. The molecule has 1 N–H and O–H groups in total. The summed E-state index contributed by atoms with van der Waals surface area (Å²) >= 11 is 3.47. The normalized spacial score (nSPS) is 18.6. The summed E-state index contributed by atoms with van der Waals surface area (Å²) in [6, 6.07) is 3.66. The number of hydrogen-bond acceptors (Lipinski definition) is 4. The first-order chi connectivity index (χ1) is 9.24. The molecule has 0 aliphatic carbocycles. The molecule has 1 atom stereocenters. The Morgan fingerprint density at radius 3 is 2.89 bits per heavy atom. The molecule has 0 radical (unpaired) electrons. The second-order valence-electron chi connectivity index (χ2n) is 4.54. The highest BCUT2D eigenvalue weighted by molar-refractivity contribution is 9.10. The van der Waals surface area contributed by atoms with Crippen molar-refractivity contribution in [3.8, 4) is 11.5 Å². The van der Waals surface area contributed by atoms with E-state index in [-0.39, 0.29) is 6.61 Å². The molecule has 5 heteroatoms. The van der Waals surface area contributed by atoms with Gasteiger partial charge in [-0.15, -0.1) is 0 Å². The van der Waals surface area contributed by atoms with E-state index in [1.165, 1.54) is 0 Å². The van der Waals surface area contributed by atoms with E-state index in [1.807, 2.05) is 19.1 Å². The van der Waals surface area contributed by atoms with Crippen LogP contribution in [0.5, 0.6) is 11.5 Å². The van der Waals surface area contributed by atoms with Crippen LogP contribution in [0.4, 0.5) is 0 Å². The molecular formula is C14H19BrO4. The summed E-state index contributed by atoms with van der Waals surface area (Å²) in [6.07, 6.45) is 1.04. The molecule has 0 aromatic heterocycles. The predicted molar refractivity (Wildman–Crippen MR) is 75.7 cm³/mol. The van der Waals surface area contributed by atoms with Gasteiger partial charge in [-0.2, -0.15) is 0 Å². The molecule has 1 aliphatic heterocycles. The van der Waals surface area contributed by atoms with E-state index < -0.39 is 0 Å². The van der Waals surface area contributed by atoms with E-state index in [2.05, 4.69) is 15.9 Å². The van der Waals surface area contributed by atoms with Gasteiger partial charge in [0.1, 0.15) is 0 Å². The molecule has 0 bridgehead atoms. The number of benzene rings is 1. The first-order valence-corrected chi connectivity index (χ1v) is 7.30. The average Bonchev–Trinajstić information content (AvgIpc) is 2.91. The molecule has 1 aromatic rings. The Balaban J connectivity index is 2.11. The summed E-state index contributed by atoms with van der Waals surface area (Å²) in [4.78, 5) is 0. The zero-order valence-corrected chi connectivity index (χ0v) is 12.6. The van der Waals surface area contributed by atoms with Gasteiger partial charge in [0.2, 0.25) is 0 Å². The quantitative estimate of drug-likeness (QED) is 0.871. The van der Waals surface area contributed by atoms with Crippen molar-refractivity contribution >= 4 is 15.9 Å². The summed E-state index contributed by atoms with van der Waals surface area (Å²) < 4.78 is 17.6. The van der Waals surface area contributed by atoms with Crippen LogP contribution in [0.15, 0.2) is 16.6 Å². The molecule has 19 heavy (non-hydrogen) atoms. The van der Waals surface area contributed by atoms with Crippen molar-refractivity contribution in [2.45, 2.75) is 20.0 Å². The Morgan fingerprint density at radius 2 is 2.26 bits per heavy atom. The lowest BCUT2D eigenvalue weighted by molar-refractivity contribution is 0.164. The van der Waals surface area contributed by atoms with Crippen LogP contribution in [-0.4, -0.2) is 31.5 Å². The van der Waals surface area contributed by atoms with Gasteiger partial charge in [-0.1, -0.05) is 0 Å². The highest BCUT2D eigenvalue weighted by Crippen LogP contribution is 2.37. The van der Waals surface area contributed by atoms with Crippen molar-refractivity contribution < 1.29 is 19.3 Å². The van der Waals surface area contributed by atoms with E-state index in [9.17, 15) is 5.11 Å². The van der Waals surface area contributed by atoms with Crippen LogP contribution in [0.2, 0.25) is 0 Å². The third-order valence-electron chi connectivity index (χ3n) is 3.04. The van der Waals surface area contributed by atoms with Crippen molar-refractivity contribution in [1.29, 1.82) is 0 Å². The number of ether oxygens (including phenoxy) is 3. The van der Waals surface area contributed by atoms with Crippen molar-refractivity contribution in [3.63, 3.8) is 0 Å². The third kappa shape index (κ3) is 3.84. The van der Waals surface area contributed by atoms with E-state index in [0.29, 0.717) is 30.6 Å². The molecular weight excluding hydrogens is 312 g/mol. The Bertz CT molecular complexity index is 416. The van der Waals surface area contributed by atoms with E-state index in [1.54, 1.807) is 0 Å². The van der Waals surface area contributed by atoms with Gasteiger partial charge < -0.3 is 19.3 Å². The maximum Gasteiger partial charge on any atom is 0.175 e. The summed E-state index contributed by atoms with van der Waals surface area (Å²) in [5.74, 6) is 1.81. The fourth-order valence-corrected chi connectivity index (χ4v) is 2.64. The zero-order chi connectivity index (χ0) is 13.7.